The highest BCUT2D eigenvalue weighted by molar-refractivity contribution is 6.30. The Hall–Kier alpha value is -0.670. The number of nitrogens with two attached hydrogens (primary N) is 1. The fraction of sp³-hybridized carbons (Fsp3) is 0.455. The van der Waals surface area contributed by atoms with Crippen molar-refractivity contribution in [2.75, 3.05) is 6.54 Å². The van der Waals surface area contributed by atoms with Crippen LogP contribution in [0.4, 0.5) is 8.78 Å². The minimum atomic E-state index is -0.733. The van der Waals surface area contributed by atoms with E-state index < -0.39 is 16.7 Å². The third kappa shape index (κ3) is 2.89. The normalized spacial score (nSPS) is 11.9. The smallest absolute Gasteiger partial charge is 0.147 e. The predicted molar refractivity (Wildman–Crippen MR) is 57.9 cm³/mol. The van der Waals surface area contributed by atoms with Gasteiger partial charge in [0.2, 0.25) is 0 Å². The molecule has 0 fully saturated rings. The minimum Gasteiger partial charge on any atom is -0.330 e. The first kappa shape index (κ1) is 12.4. The van der Waals surface area contributed by atoms with E-state index in [1.807, 2.05) is 13.8 Å². The molecular weight excluding hydrogens is 220 g/mol. The monoisotopic (exact) mass is 233 g/mol. The second-order valence-corrected chi connectivity index (χ2v) is 4.76. The van der Waals surface area contributed by atoms with Crippen molar-refractivity contribution < 1.29 is 8.78 Å². The molecule has 4 heteroatoms. The molecule has 0 unspecified atom stereocenters. The Balaban J connectivity index is 3.02. The molecule has 1 rings (SSSR count). The van der Waals surface area contributed by atoms with Crippen LogP contribution in [-0.2, 0) is 6.42 Å². The van der Waals surface area contributed by atoms with Crippen LogP contribution in [-0.4, -0.2) is 6.54 Å². The maximum absolute atomic E-state index is 13.5. The summed E-state index contributed by atoms with van der Waals surface area (Å²) in [7, 11) is 0. The van der Waals surface area contributed by atoms with Crippen LogP contribution in [0, 0.1) is 17.0 Å². The molecule has 0 aliphatic heterocycles. The molecule has 0 amide bonds. The van der Waals surface area contributed by atoms with Crippen LogP contribution in [0.15, 0.2) is 12.1 Å². The predicted octanol–water partition coefficient (Wildman–Crippen LogP) is 3.15. The fourth-order valence-electron chi connectivity index (χ4n) is 1.29. The Morgan fingerprint density at radius 1 is 1.33 bits per heavy atom. The summed E-state index contributed by atoms with van der Waals surface area (Å²) in [5, 5.41) is -0.444. The molecule has 1 aromatic carbocycles. The van der Waals surface area contributed by atoms with Crippen LogP contribution in [0.25, 0.3) is 0 Å². The van der Waals surface area contributed by atoms with Gasteiger partial charge < -0.3 is 5.73 Å². The molecule has 0 aromatic heterocycles. The molecule has 0 spiro atoms. The summed E-state index contributed by atoms with van der Waals surface area (Å²) in [6.45, 7) is 4.27. The van der Waals surface area contributed by atoms with Gasteiger partial charge in [-0.25, -0.2) is 8.78 Å². The molecule has 0 radical (unpaired) electrons. The number of benzene rings is 1. The Morgan fingerprint density at radius 2 is 1.93 bits per heavy atom. The zero-order valence-electron chi connectivity index (χ0n) is 8.78. The van der Waals surface area contributed by atoms with Crippen LogP contribution in [0.2, 0.25) is 5.02 Å². The van der Waals surface area contributed by atoms with Gasteiger partial charge in [0.15, 0.2) is 0 Å². The zero-order valence-corrected chi connectivity index (χ0v) is 9.54. The molecule has 2 N–H and O–H groups in total. The first-order chi connectivity index (χ1) is 6.87. The van der Waals surface area contributed by atoms with E-state index in [1.165, 1.54) is 12.1 Å². The average molecular weight is 234 g/mol. The second-order valence-electron chi connectivity index (χ2n) is 4.38. The number of hydrogen-bond acceptors (Lipinski definition) is 1. The SMILES string of the molecule is CC(C)(CN)Cc1ccc(F)c(Cl)c1F. The van der Waals surface area contributed by atoms with Gasteiger partial charge in [-0.1, -0.05) is 31.5 Å². The largest absolute Gasteiger partial charge is 0.330 e. The highest BCUT2D eigenvalue weighted by Crippen LogP contribution is 2.27. The van der Waals surface area contributed by atoms with Gasteiger partial charge in [0.05, 0.1) is 0 Å². The van der Waals surface area contributed by atoms with Crippen molar-refractivity contribution in [1.29, 1.82) is 0 Å². The lowest BCUT2D eigenvalue weighted by Crippen LogP contribution is -2.26. The van der Waals surface area contributed by atoms with E-state index in [0.717, 1.165) is 0 Å². The summed E-state index contributed by atoms with van der Waals surface area (Å²) >= 11 is 5.47. The molecule has 15 heavy (non-hydrogen) atoms. The molecule has 0 saturated carbocycles. The maximum Gasteiger partial charge on any atom is 0.147 e. The van der Waals surface area contributed by atoms with Gasteiger partial charge in [0.25, 0.3) is 0 Å². The highest BCUT2D eigenvalue weighted by atomic mass is 35.5. The first-order valence-corrected chi connectivity index (χ1v) is 5.07. The van der Waals surface area contributed by atoms with E-state index in [2.05, 4.69) is 0 Å². The van der Waals surface area contributed by atoms with Crippen molar-refractivity contribution in [2.24, 2.45) is 11.1 Å². The lowest BCUT2D eigenvalue weighted by Gasteiger charge is -2.22. The van der Waals surface area contributed by atoms with Gasteiger partial charge in [-0.05, 0) is 30.0 Å². The first-order valence-electron chi connectivity index (χ1n) is 4.70. The van der Waals surface area contributed by atoms with Gasteiger partial charge in [-0.15, -0.1) is 0 Å². The minimum absolute atomic E-state index is 0.220. The van der Waals surface area contributed by atoms with Gasteiger partial charge in [-0.2, -0.15) is 0 Å². The second kappa shape index (κ2) is 4.45. The lowest BCUT2D eigenvalue weighted by atomic mass is 9.86. The van der Waals surface area contributed by atoms with E-state index in [0.29, 0.717) is 18.5 Å². The zero-order chi connectivity index (χ0) is 11.6. The summed E-state index contributed by atoms with van der Waals surface area (Å²) < 4.78 is 26.4. The molecule has 0 saturated heterocycles. The Bertz CT molecular complexity index is 364. The van der Waals surface area contributed by atoms with E-state index in [9.17, 15) is 8.78 Å². The van der Waals surface area contributed by atoms with Crippen molar-refractivity contribution >= 4 is 11.6 Å². The van der Waals surface area contributed by atoms with E-state index in [-0.39, 0.29) is 5.41 Å². The highest BCUT2D eigenvalue weighted by Gasteiger charge is 2.20. The Morgan fingerprint density at radius 3 is 2.47 bits per heavy atom. The van der Waals surface area contributed by atoms with Crippen LogP contribution >= 0.6 is 11.6 Å². The quantitative estimate of drug-likeness (QED) is 0.798. The number of rotatable bonds is 3. The summed E-state index contributed by atoms with van der Waals surface area (Å²) in [5.41, 5.74) is 5.72. The van der Waals surface area contributed by atoms with E-state index >= 15 is 0 Å². The lowest BCUT2D eigenvalue weighted by molar-refractivity contribution is 0.369. The van der Waals surface area contributed by atoms with Gasteiger partial charge >= 0.3 is 0 Å². The molecule has 0 bridgehead atoms. The van der Waals surface area contributed by atoms with E-state index in [4.69, 9.17) is 17.3 Å². The Kier molecular flexibility index (Phi) is 3.68. The summed E-state index contributed by atoms with van der Waals surface area (Å²) in [6, 6.07) is 2.58. The maximum atomic E-state index is 13.5. The van der Waals surface area contributed by atoms with Gasteiger partial charge in [0, 0.05) is 0 Å². The van der Waals surface area contributed by atoms with Crippen molar-refractivity contribution in [3.05, 3.63) is 34.4 Å². The molecule has 0 atom stereocenters. The summed E-state index contributed by atoms with van der Waals surface area (Å²) in [5.74, 6) is -1.42. The molecule has 0 aliphatic rings. The van der Waals surface area contributed by atoms with Crippen molar-refractivity contribution in [3.8, 4) is 0 Å². The van der Waals surface area contributed by atoms with Crippen molar-refractivity contribution in [2.45, 2.75) is 20.3 Å². The van der Waals surface area contributed by atoms with Gasteiger partial charge in [0.1, 0.15) is 16.7 Å². The molecule has 1 aromatic rings. The third-order valence-electron chi connectivity index (χ3n) is 2.34. The summed E-state index contributed by atoms with van der Waals surface area (Å²) in [6.07, 6.45) is 0.440. The topological polar surface area (TPSA) is 26.0 Å². The molecule has 0 heterocycles. The standard InChI is InChI=1S/C11H14ClF2N/c1-11(2,6-15)5-7-3-4-8(13)9(12)10(7)14/h3-4H,5-6,15H2,1-2H3. The Labute approximate surface area is 93.2 Å². The fourth-order valence-corrected chi connectivity index (χ4v) is 1.47. The van der Waals surface area contributed by atoms with Crippen LogP contribution in [0.3, 0.4) is 0 Å². The summed E-state index contributed by atoms with van der Waals surface area (Å²) in [4.78, 5) is 0. The molecule has 84 valence electrons. The van der Waals surface area contributed by atoms with Crippen LogP contribution in [0.5, 0.6) is 0 Å². The van der Waals surface area contributed by atoms with E-state index in [1.54, 1.807) is 0 Å². The van der Waals surface area contributed by atoms with Crippen LogP contribution in [0.1, 0.15) is 19.4 Å². The van der Waals surface area contributed by atoms with Crippen molar-refractivity contribution in [3.63, 3.8) is 0 Å². The third-order valence-corrected chi connectivity index (χ3v) is 2.68. The molecule has 0 aliphatic carbocycles. The number of hydrogen-bond donors (Lipinski definition) is 1. The molecular formula is C11H14ClF2N. The van der Waals surface area contributed by atoms with Gasteiger partial charge in [-0.3, -0.25) is 0 Å². The average Bonchev–Trinajstić information content (AvgIpc) is 2.19. The van der Waals surface area contributed by atoms with Crippen LogP contribution < -0.4 is 5.73 Å². The van der Waals surface area contributed by atoms with Crippen molar-refractivity contribution in [1.82, 2.24) is 0 Å². The number of halogens is 3. The molecule has 1 nitrogen and oxygen atoms in total.